The van der Waals surface area contributed by atoms with E-state index in [1.807, 2.05) is 54.6 Å². The van der Waals surface area contributed by atoms with E-state index in [2.05, 4.69) is 34.5 Å². The molecule has 5 heteroatoms. The Morgan fingerprint density at radius 3 is 2.35 bits per heavy atom. The van der Waals surface area contributed by atoms with Crippen molar-refractivity contribution >= 4 is 11.6 Å². The fraction of sp³-hybridized carbons (Fsp3) is 0.269. The van der Waals surface area contributed by atoms with Crippen LogP contribution in [0.15, 0.2) is 78.9 Å². The zero-order chi connectivity index (χ0) is 21.3. The van der Waals surface area contributed by atoms with Crippen molar-refractivity contribution in [1.29, 1.82) is 0 Å². The molecule has 0 saturated carbocycles. The second-order valence-corrected chi connectivity index (χ2v) is 7.69. The maximum absolute atomic E-state index is 12.4. The molecule has 0 aliphatic carbocycles. The summed E-state index contributed by atoms with van der Waals surface area (Å²) in [5.41, 5.74) is 4.28. The van der Waals surface area contributed by atoms with Crippen LogP contribution in [0.2, 0.25) is 0 Å². The Morgan fingerprint density at radius 1 is 0.871 bits per heavy atom. The number of para-hydroxylation sites is 1. The second-order valence-electron chi connectivity index (χ2n) is 7.69. The maximum atomic E-state index is 12.4. The minimum atomic E-state index is -0.171. The molecule has 0 radical (unpaired) electrons. The first-order chi connectivity index (χ1) is 15.3. The monoisotopic (exact) mass is 416 g/mol. The van der Waals surface area contributed by atoms with Crippen LogP contribution in [-0.4, -0.2) is 43.7 Å². The predicted octanol–water partition coefficient (Wildman–Crippen LogP) is 4.13. The molecular formula is C26H28N2O3. The van der Waals surface area contributed by atoms with Gasteiger partial charge in [-0.05, 0) is 34.9 Å². The molecule has 4 rings (SSSR count). The third-order valence-electron chi connectivity index (χ3n) is 5.32. The molecule has 1 aliphatic heterocycles. The van der Waals surface area contributed by atoms with Crippen LogP contribution in [0.4, 0.5) is 5.69 Å². The third kappa shape index (κ3) is 6.41. The van der Waals surface area contributed by atoms with Gasteiger partial charge in [0.05, 0.1) is 13.2 Å². The van der Waals surface area contributed by atoms with Crippen molar-refractivity contribution in [3.63, 3.8) is 0 Å². The molecule has 1 N–H and O–H groups in total. The number of carbonyl (C=O) groups is 1. The lowest BCUT2D eigenvalue weighted by Crippen LogP contribution is -2.35. The second kappa shape index (κ2) is 10.8. The van der Waals surface area contributed by atoms with Crippen LogP contribution in [0.3, 0.4) is 0 Å². The van der Waals surface area contributed by atoms with Gasteiger partial charge in [0, 0.05) is 31.7 Å². The summed E-state index contributed by atoms with van der Waals surface area (Å²) in [6, 6.07) is 26.1. The fourth-order valence-electron chi connectivity index (χ4n) is 3.66. The molecule has 0 bridgehead atoms. The number of morpholine rings is 1. The highest BCUT2D eigenvalue weighted by Crippen LogP contribution is 2.21. The van der Waals surface area contributed by atoms with Gasteiger partial charge in [-0.1, -0.05) is 60.7 Å². The largest absolute Gasteiger partial charge is 0.483 e. The van der Waals surface area contributed by atoms with Gasteiger partial charge in [0.2, 0.25) is 0 Å². The molecule has 3 aromatic rings. The first-order valence-electron chi connectivity index (χ1n) is 10.7. The molecule has 3 aromatic carbocycles. The zero-order valence-corrected chi connectivity index (χ0v) is 17.6. The van der Waals surface area contributed by atoms with Gasteiger partial charge in [-0.15, -0.1) is 0 Å². The van der Waals surface area contributed by atoms with Gasteiger partial charge in [-0.3, -0.25) is 9.69 Å². The Bertz CT molecular complexity index is 967. The number of benzene rings is 3. The number of hydrogen-bond acceptors (Lipinski definition) is 4. The van der Waals surface area contributed by atoms with Gasteiger partial charge >= 0.3 is 0 Å². The predicted molar refractivity (Wildman–Crippen MR) is 122 cm³/mol. The summed E-state index contributed by atoms with van der Waals surface area (Å²) in [6.07, 6.45) is 0.767. The van der Waals surface area contributed by atoms with Gasteiger partial charge in [0.1, 0.15) is 5.75 Å². The van der Waals surface area contributed by atoms with Crippen LogP contribution in [0.5, 0.6) is 5.75 Å². The topological polar surface area (TPSA) is 50.8 Å². The number of ether oxygens (including phenoxy) is 2. The van der Waals surface area contributed by atoms with E-state index < -0.39 is 0 Å². The van der Waals surface area contributed by atoms with Gasteiger partial charge in [-0.2, -0.15) is 0 Å². The number of anilines is 1. The number of rotatable bonds is 8. The standard InChI is InChI=1S/C26H28N2O3/c29-26(27-24-12-10-22(11-13-24)19-28-14-16-30-17-15-28)20-31-25-9-5-4-8-23(25)18-21-6-2-1-3-7-21/h1-13H,14-20H2,(H,27,29). The highest BCUT2D eigenvalue weighted by Gasteiger charge is 2.11. The Morgan fingerprint density at radius 2 is 1.58 bits per heavy atom. The molecule has 1 heterocycles. The Balaban J connectivity index is 1.28. The molecular weight excluding hydrogens is 388 g/mol. The first kappa shape index (κ1) is 21.1. The molecule has 0 atom stereocenters. The van der Waals surface area contributed by atoms with E-state index in [0.717, 1.165) is 56.3 Å². The molecule has 5 nitrogen and oxygen atoms in total. The number of amides is 1. The molecule has 1 saturated heterocycles. The van der Waals surface area contributed by atoms with E-state index in [9.17, 15) is 4.79 Å². The Kier molecular flexibility index (Phi) is 7.32. The van der Waals surface area contributed by atoms with Crippen molar-refractivity contribution in [3.8, 4) is 5.75 Å². The lowest BCUT2D eigenvalue weighted by molar-refractivity contribution is -0.118. The SMILES string of the molecule is O=C(COc1ccccc1Cc1ccccc1)Nc1ccc(CN2CCOCC2)cc1. The highest BCUT2D eigenvalue weighted by atomic mass is 16.5. The Hall–Kier alpha value is -3.15. The lowest BCUT2D eigenvalue weighted by atomic mass is 10.0. The van der Waals surface area contributed by atoms with E-state index in [0.29, 0.717) is 0 Å². The van der Waals surface area contributed by atoms with E-state index in [-0.39, 0.29) is 12.5 Å². The summed E-state index contributed by atoms with van der Waals surface area (Å²) in [6.45, 7) is 4.38. The molecule has 1 fully saturated rings. The molecule has 1 amide bonds. The Labute approximate surface area is 183 Å². The van der Waals surface area contributed by atoms with Crippen molar-refractivity contribution in [1.82, 2.24) is 4.90 Å². The van der Waals surface area contributed by atoms with Gasteiger partial charge in [0.25, 0.3) is 5.91 Å². The van der Waals surface area contributed by atoms with Crippen LogP contribution >= 0.6 is 0 Å². The summed E-state index contributed by atoms with van der Waals surface area (Å²) in [4.78, 5) is 14.8. The minimum Gasteiger partial charge on any atom is -0.483 e. The number of nitrogens with one attached hydrogen (secondary N) is 1. The van der Waals surface area contributed by atoms with Crippen molar-refractivity contribution in [2.24, 2.45) is 0 Å². The molecule has 0 unspecified atom stereocenters. The van der Waals surface area contributed by atoms with Gasteiger partial charge in [0.15, 0.2) is 6.61 Å². The molecule has 31 heavy (non-hydrogen) atoms. The van der Waals surface area contributed by atoms with Crippen LogP contribution in [0.1, 0.15) is 16.7 Å². The average Bonchev–Trinajstić information content (AvgIpc) is 2.81. The van der Waals surface area contributed by atoms with Crippen molar-refractivity contribution in [3.05, 3.63) is 95.6 Å². The van der Waals surface area contributed by atoms with E-state index in [1.165, 1.54) is 11.1 Å². The van der Waals surface area contributed by atoms with Crippen LogP contribution in [0, 0.1) is 0 Å². The normalized spacial score (nSPS) is 14.2. The summed E-state index contributed by atoms with van der Waals surface area (Å²) in [5.74, 6) is 0.567. The summed E-state index contributed by atoms with van der Waals surface area (Å²) >= 11 is 0. The number of carbonyl (C=O) groups excluding carboxylic acids is 1. The number of hydrogen-bond donors (Lipinski definition) is 1. The minimum absolute atomic E-state index is 0.0265. The summed E-state index contributed by atoms with van der Waals surface area (Å²) in [5, 5.41) is 2.91. The zero-order valence-electron chi connectivity index (χ0n) is 17.6. The van der Waals surface area contributed by atoms with Gasteiger partial charge in [-0.25, -0.2) is 0 Å². The fourth-order valence-corrected chi connectivity index (χ4v) is 3.66. The van der Waals surface area contributed by atoms with E-state index in [1.54, 1.807) is 0 Å². The van der Waals surface area contributed by atoms with Crippen molar-refractivity contribution in [2.75, 3.05) is 38.2 Å². The smallest absolute Gasteiger partial charge is 0.262 e. The molecule has 160 valence electrons. The third-order valence-corrected chi connectivity index (χ3v) is 5.32. The lowest BCUT2D eigenvalue weighted by Gasteiger charge is -2.26. The van der Waals surface area contributed by atoms with Crippen molar-refractivity contribution in [2.45, 2.75) is 13.0 Å². The summed E-state index contributed by atoms with van der Waals surface area (Å²) in [7, 11) is 0. The number of nitrogens with zero attached hydrogens (tertiary/aromatic N) is 1. The average molecular weight is 417 g/mol. The van der Waals surface area contributed by atoms with Crippen LogP contribution < -0.4 is 10.1 Å². The van der Waals surface area contributed by atoms with Crippen LogP contribution in [-0.2, 0) is 22.5 Å². The molecule has 1 aliphatic rings. The van der Waals surface area contributed by atoms with Gasteiger partial charge < -0.3 is 14.8 Å². The summed E-state index contributed by atoms with van der Waals surface area (Å²) < 4.78 is 11.2. The molecule has 0 aromatic heterocycles. The van der Waals surface area contributed by atoms with Crippen molar-refractivity contribution < 1.29 is 14.3 Å². The van der Waals surface area contributed by atoms with Crippen LogP contribution in [0.25, 0.3) is 0 Å². The first-order valence-corrected chi connectivity index (χ1v) is 10.7. The quantitative estimate of drug-likeness (QED) is 0.600. The van der Waals surface area contributed by atoms with E-state index in [4.69, 9.17) is 9.47 Å². The maximum Gasteiger partial charge on any atom is 0.262 e. The molecule has 0 spiro atoms. The highest BCUT2D eigenvalue weighted by molar-refractivity contribution is 5.91. The van der Waals surface area contributed by atoms with E-state index >= 15 is 0 Å².